The van der Waals surface area contributed by atoms with Gasteiger partial charge in [-0.2, -0.15) is 16.1 Å². The molecule has 15 heavy (non-hydrogen) atoms. The van der Waals surface area contributed by atoms with Gasteiger partial charge in [-0.25, -0.2) is 0 Å². The first-order valence-electron chi connectivity index (χ1n) is 4.88. The van der Waals surface area contributed by atoms with Gasteiger partial charge in [-0.15, -0.1) is 11.8 Å². The van der Waals surface area contributed by atoms with Crippen LogP contribution in [0.25, 0.3) is 0 Å². The third-order valence-corrected chi connectivity index (χ3v) is 5.39. The molecule has 2 rings (SSSR count). The molecule has 2 heterocycles. The molecule has 1 saturated heterocycles. The number of hydrogen-bond acceptors (Lipinski definition) is 6. The Morgan fingerprint density at radius 2 is 2.40 bits per heavy atom. The summed E-state index contributed by atoms with van der Waals surface area (Å²) in [7, 11) is 0. The molecule has 1 aromatic heterocycles. The lowest BCUT2D eigenvalue weighted by molar-refractivity contribution is 0.784. The lowest BCUT2D eigenvalue weighted by Crippen LogP contribution is -2.36. The molecule has 0 aliphatic carbocycles. The number of nitrogens with two attached hydrogens (primary N) is 1. The zero-order valence-electron chi connectivity index (χ0n) is 8.90. The van der Waals surface area contributed by atoms with Gasteiger partial charge in [-0.05, 0) is 17.8 Å². The van der Waals surface area contributed by atoms with Gasteiger partial charge in [0.25, 0.3) is 0 Å². The molecule has 1 aliphatic rings. The van der Waals surface area contributed by atoms with E-state index in [1.807, 2.05) is 11.8 Å². The lowest BCUT2D eigenvalue weighted by atomic mass is 10.4. The number of hydrogen-bond donors (Lipinski definition) is 1. The maximum absolute atomic E-state index is 5.84. The number of thioether (sulfide) groups is 2. The van der Waals surface area contributed by atoms with E-state index in [2.05, 4.69) is 22.5 Å². The van der Waals surface area contributed by atoms with Gasteiger partial charge >= 0.3 is 0 Å². The highest BCUT2D eigenvalue weighted by Crippen LogP contribution is 2.38. The Balaban J connectivity index is 2.20. The van der Waals surface area contributed by atoms with Gasteiger partial charge in [0.15, 0.2) is 5.82 Å². The Morgan fingerprint density at radius 3 is 3.07 bits per heavy atom. The first kappa shape index (κ1) is 11.4. The zero-order valence-corrected chi connectivity index (χ0v) is 11.3. The summed E-state index contributed by atoms with van der Waals surface area (Å²) in [4.78, 5) is 3.57. The van der Waals surface area contributed by atoms with Crippen molar-refractivity contribution in [3.63, 3.8) is 0 Å². The molecule has 0 bridgehead atoms. The van der Waals surface area contributed by atoms with E-state index in [1.54, 1.807) is 11.8 Å². The van der Waals surface area contributed by atoms with Crippen LogP contribution in [0.15, 0.2) is 4.90 Å². The molecule has 0 saturated carbocycles. The van der Waals surface area contributed by atoms with Crippen LogP contribution in [0.4, 0.5) is 10.8 Å². The van der Waals surface area contributed by atoms with Crippen molar-refractivity contribution in [1.82, 2.24) is 4.37 Å². The molecule has 1 fully saturated rings. The van der Waals surface area contributed by atoms with Crippen LogP contribution in [0.5, 0.6) is 0 Å². The summed E-state index contributed by atoms with van der Waals surface area (Å²) in [6, 6.07) is 0. The average molecular weight is 261 g/mol. The Hall–Kier alpha value is -0.0700. The average Bonchev–Trinajstić information content (AvgIpc) is 2.59. The number of rotatable bonds is 2. The van der Waals surface area contributed by atoms with E-state index in [0.717, 1.165) is 18.0 Å². The van der Waals surface area contributed by atoms with Gasteiger partial charge in [0.1, 0.15) is 5.00 Å². The van der Waals surface area contributed by atoms with Gasteiger partial charge in [0, 0.05) is 24.1 Å². The standard InChI is InChI=1S/C9H15N3S3/c1-6-5-12(3-4-14-6)9-7(13-2)8(10)11-15-9/h6H,3-5H2,1-2H3,(H2,10,11). The quantitative estimate of drug-likeness (QED) is 0.828. The predicted octanol–water partition coefficient (Wildman–Crippen LogP) is 2.39. The van der Waals surface area contributed by atoms with Crippen molar-refractivity contribution in [2.24, 2.45) is 0 Å². The van der Waals surface area contributed by atoms with E-state index in [1.165, 1.54) is 22.3 Å². The van der Waals surface area contributed by atoms with E-state index >= 15 is 0 Å². The molecule has 2 N–H and O–H groups in total. The van der Waals surface area contributed by atoms with Crippen LogP contribution < -0.4 is 10.6 Å². The molecular weight excluding hydrogens is 246 g/mol. The molecule has 0 amide bonds. The van der Waals surface area contributed by atoms with Gasteiger partial charge < -0.3 is 10.6 Å². The van der Waals surface area contributed by atoms with Crippen LogP contribution in [-0.4, -0.2) is 34.7 Å². The summed E-state index contributed by atoms with van der Waals surface area (Å²) in [6.07, 6.45) is 2.06. The monoisotopic (exact) mass is 261 g/mol. The second-order valence-electron chi connectivity index (χ2n) is 3.53. The van der Waals surface area contributed by atoms with E-state index in [4.69, 9.17) is 5.73 Å². The molecule has 0 aromatic carbocycles. The van der Waals surface area contributed by atoms with Crippen LogP contribution in [0, 0.1) is 0 Å². The SMILES string of the molecule is CSc1c(N)nsc1N1CCSC(C)C1. The van der Waals surface area contributed by atoms with Crippen molar-refractivity contribution in [1.29, 1.82) is 0 Å². The van der Waals surface area contributed by atoms with Crippen LogP contribution in [-0.2, 0) is 0 Å². The smallest absolute Gasteiger partial charge is 0.153 e. The van der Waals surface area contributed by atoms with Crippen molar-refractivity contribution in [2.75, 3.05) is 35.7 Å². The Labute approximate surface area is 103 Å². The molecule has 3 nitrogen and oxygen atoms in total. The molecule has 6 heteroatoms. The Bertz CT molecular complexity index is 339. The van der Waals surface area contributed by atoms with Crippen molar-refractivity contribution >= 4 is 45.9 Å². The highest BCUT2D eigenvalue weighted by Gasteiger charge is 2.22. The summed E-state index contributed by atoms with van der Waals surface area (Å²) in [5.74, 6) is 1.89. The van der Waals surface area contributed by atoms with Gasteiger partial charge in [0.2, 0.25) is 0 Å². The van der Waals surface area contributed by atoms with Crippen LogP contribution in [0.1, 0.15) is 6.92 Å². The van der Waals surface area contributed by atoms with Crippen molar-refractivity contribution in [3.8, 4) is 0 Å². The number of anilines is 2. The number of nitrogen functional groups attached to an aromatic ring is 1. The van der Waals surface area contributed by atoms with Gasteiger partial charge in [0.05, 0.1) is 4.90 Å². The zero-order chi connectivity index (χ0) is 10.8. The highest BCUT2D eigenvalue weighted by molar-refractivity contribution is 8.00. The van der Waals surface area contributed by atoms with Crippen molar-refractivity contribution < 1.29 is 0 Å². The molecule has 0 radical (unpaired) electrons. The first-order valence-corrected chi connectivity index (χ1v) is 7.92. The minimum atomic E-state index is 0.688. The summed E-state index contributed by atoms with van der Waals surface area (Å²) in [6.45, 7) is 4.50. The van der Waals surface area contributed by atoms with Crippen molar-refractivity contribution in [2.45, 2.75) is 17.1 Å². The maximum atomic E-state index is 5.84. The molecular formula is C9H15N3S3. The largest absolute Gasteiger partial charge is 0.382 e. The summed E-state index contributed by atoms with van der Waals surface area (Å²) >= 11 is 5.27. The molecule has 0 spiro atoms. The van der Waals surface area contributed by atoms with E-state index in [0.29, 0.717) is 11.1 Å². The second kappa shape index (κ2) is 4.84. The maximum Gasteiger partial charge on any atom is 0.153 e. The molecule has 1 unspecified atom stereocenters. The van der Waals surface area contributed by atoms with Crippen LogP contribution in [0.3, 0.4) is 0 Å². The van der Waals surface area contributed by atoms with E-state index in [9.17, 15) is 0 Å². The van der Waals surface area contributed by atoms with E-state index in [-0.39, 0.29) is 0 Å². The topological polar surface area (TPSA) is 42.1 Å². The number of aromatic nitrogens is 1. The second-order valence-corrected chi connectivity index (χ2v) is 6.65. The fraction of sp³-hybridized carbons (Fsp3) is 0.667. The Morgan fingerprint density at radius 1 is 1.60 bits per heavy atom. The third kappa shape index (κ3) is 2.37. The van der Waals surface area contributed by atoms with Crippen LogP contribution >= 0.6 is 35.1 Å². The minimum Gasteiger partial charge on any atom is -0.382 e. The summed E-state index contributed by atoms with van der Waals surface area (Å²) < 4.78 is 4.24. The fourth-order valence-electron chi connectivity index (χ4n) is 1.68. The van der Waals surface area contributed by atoms with Gasteiger partial charge in [-0.3, -0.25) is 0 Å². The minimum absolute atomic E-state index is 0.688. The van der Waals surface area contributed by atoms with Crippen LogP contribution in [0.2, 0.25) is 0 Å². The molecule has 1 aromatic rings. The first-order chi connectivity index (χ1) is 7.22. The fourth-order valence-corrected chi connectivity index (χ4v) is 4.42. The number of nitrogens with zero attached hydrogens (tertiary/aromatic N) is 2. The summed E-state index contributed by atoms with van der Waals surface area (Å²) in [5, 5.41) is 1.96. The highest BCUT2D eigenvalue weighted by atomic mass is 32.2. The third-order valence-electron chi connectivity index (χ3n) is 2.39. The molecule has 1 aliphatic heterocycles. The molecule has 84 valence electrons. The van der Waals surface area contributed by atoms with E-state index < -0.39 is 0 Å². The molecule has 1 atom stereocenters. The van der Waals surface area contributed by atoms with Gasteiger partial charge in [-0.1, -0.05) is 6.92 Å². The summed E-state index contributed by atoms with van der Waals surface area (Å²) in [5.41, 5.74) is 5.84. The Kier molecular flexibility index (Phi) is 3.69. The predicted molar refractivity (Wildman–Crippen MR) is 72.4 cm³/mol. The normalized spacial score (nSPS) is 22.0. The van der Waals surface area contributed by atoms with Crippen molar-refractivity contribution in [3.05, 3.63) is 0 Å². The lowest BCUT2D eigenvalue weighted by Gasteiger charge is -2.31.